The summed E-state index contributed by atoms with van der Waals surface area (Å²) in [5, 5.41) is 25.8. The number of halogens is 4. The van der Waals surface area contributed by atoms with Crippen LogP contribution in [0.1, 0.15) is 12.5 Å². The first-order valence-corrected chi connectivity index (χ1v) is 8.79. The van der Waals surface area contributed by atoms with Crippen molar-refractivity contribution in [2.24, 2.45) is 0 Å². The van der Waals surface area contributed by atoms with Crippen molar-refractivity contribution >= 4 is 45.5 Å². The summed E-state index contributed by atoms with van der Waals surface area (Å²) < 4.78 is 45.2. The monoisotopic (exact) mass is 457 g/mol. The number of nitro groups is 2. The van der Waals surface area contributed by atoms with Gasteiger partial charge in [0.25, 0.3) is 0 Å². The standard InChI is InChI=1S/C17H11ClF3N5O5/c1-2-31-16-9(17(19,20)21)6-12(25(27)28)14(15(16)26(29)30)24-13-7-22-11-5-8(18)3-4-10(11)23-13/h3-7H,2H2,1H3,(H,23,24). The lowest BCUT2D eigenvalue weighted by molar-refractivity contribution is -0.393. The number of hydrogen-bond acceptors (Lipinski definition) is 8. The summed E-state index contributed by atoms with van der Waals surface area (Å²) in [7, 11) is 0. The largest absolute Gasteiger partial charge is 0.487 e. The third-order valence-electron chi connectivity index (χ3n) is 3.96. The second-order valence-corrected chi connectivity index (χ2v) is 6.39. The van der Waals surface area contributed by atoms with Crippen LogP contribution < -0.4 is 10.1 Å². The Morgan fingerprint density at radius 3 is 2.45 bits per heavy atom. The van der Waals surface area contributed by atoms with Crippen molar-refractivity contribution in [3.05, 3.63) is 61.3 Å². The first kappa shape index (κ1) is 22.0. The smallest absolute Gasteiger partial charge is 0.420 e. The van der Waals surface area contributed by atoms with E-state index in [-0.39, 0.29) is 24.0 Å². The van der Waals surface area contributed by atoms with Crippen LogP contribution in [0.2, 0.25) is 5.02 Å². The SMILES string of the molecule is CCOc1c(C(F)(F)F)cc([N+](=O)[O-])c(Nc2cnc3cc(Cl)ccc3n2)c1[N+](=O)[O-]. The number of ether oxygens (including phenoxy) is 1. The van der Waals surface area contributed by atoms with Crippen molar-refractivity contribution in [3.63, 3.8) is 0 Å². The summed E-state index contributed by atoms with van der Waals surface area (Å²) >= 11 is 5.86. The molecule has 0 aliphatic carbocycles. The van der Waals surface area contributed by atoms with E-state index in [0.29, 0.717) is 10.5 Å². The fourth-order valence-corrected chi connectivity index (χ4v) is 2.92. The van der Waals surface area contributed by atoms with E-state index in [9.17, 15) is 33.4 Å². The summed E-state index contributed by atoms with van der Waals surface area (Å²) in [6, 6.07) is 4.65. The molecule has 0 bridgehead atoms. The van der Waals surface area contributed by atoms with E-state index in [1.54, 1.807) is 0 Å². The van der Waals surface area contributed by atoms with Gasteiger partial charge in [0.1, 0.15) is 11.4 Å². The van der Waals surface area contributed by atoms with Gasteiger partial charge < -0.3 is 10.1 Å². The molecule has 0 saturated heterocycles. The number of aromatic nitrogens is 2. The number of fused-ring (bicyclic) bond motifs is 1. The molecule has 1 N–H and O–H groups in total. The van der Waals surface area contributed by atoms with E-state index in [0.717, 1.165) is 6.20 Å². The number of nitrogens with one attached hydrogen (secondary N) is 1. The summed E-state index contributed by atoms with van der Waals surface area (Å²) in [6.07, 6.45) is -4.04. The number of anilines is 2. The third-order valence-corrected chi connectivity index (χ3v) is 4.20. The summed E-state index contributed by atoms with van der Waals surface area (Å²) in [6.45, 7) is 0.968. The minimum Gasteiger partial charge on any atom is -0.487 e. The first-order chi connectivity index (χ1) is 14.5. The van der Waals surface area contributed by atoms with E-state index < -0.39 is 44.4 Å². The zero-order chi connectivity index (χ0) is 22.9. The summed E-state index contributed by atoms with van der Waals surface area (Å²) in [4.78, 5) is 28.9. The second-order valence-electron chi connectivity index (χ2n) is 5.95. The predicted molar refractivity (Wildman–Crippen MR) is 104 cm³/mol. The van der Waals surface area contributed by atoms with E-state index in [2.05, 4.69) is 15.3 Å². The van der Waals surface area contributed by atoms with E-state index in [1.807, 2.05) is 0 Å². The Morgan fingerprint density at radius 1 is 1.16 bits per heavy atom. The van der Waals surface area contributed by atoms with Gasteiger partial charge in [-0.3, -0.25) is 25.2 Å². The molecule has 0 spiro atoms. The van der Waals surface area contributed by atoms with Gasteiger partial charge in [-0.25, -0.2) is 4.98 Å². The minimum absolute atomic E-state index is 0.175. The molecule has 0 fully saturated rings. The van der Waals surface area contributed by atoms with Crippen molar-refractivity contribution in [2.75, 3.05) is 11.9 Å². The highest BCUT2D eigenvalue weighted by Crippen LogP contribution is 2.50. The van der Waals surface area contributed by atoms with Gasteiger partial charge in [-0.05, 0) is 25.1 Å². The van der Waals surface area contributed by atoms with E-state index in [1.165, 1.54) is 25.1 Å². The maximum absolute atomic E-state index is 13.4. The van der Waals surface area contributed by atoms with Gasteiger partial charge in [-0.15, -0.1) is 0 Å². The predicted octanol–water partition coefficient (Wildman–Crippen LogP) is 5.26. The molecule has 1 aromatic heterocycles. The van der Waals surface area contributed by atoms with Crippen LogP contribution in [0.5, 0.6) is 5.75 Å². The number of alkyl halides is 3. The molecule has 31 heavy (non-hydrogen) atoms. The molecule has 162 valence electrons. The number of nitrogens with zero attached hydrogens (tertiary/aromatic N) is 4. The highest BCUT2D eigenvalue weighted by Gasteiger charge is 2.44. The van der Waals surface area contributed by atoms with Gasteiger partial charge >= 0.3 is 17.6 Å². The number of benzene rings is 2. The molecule has 0 aliphatic rings. The van der Waals surface area contributed by atoms with Crippen molar-refractivity contribution in [1.29, 1.82) is 0 Å². The number of rotatable bonds is 6. The van der Waals surface area contributed by atoms with E-state index in [4.69, 9.17) is 16.3 Å². The van der Waals surface area contributed by atoms with Crippen molar-refractivity contribution in [3.8, 4) is 5.75 Å². The molecule has 0 radical (unpaired) electrons. The van der Waals surface area contributed by atoms with Crippen LogP contribution in [0.3, 0.4) is 0 Å². The molecule has 10 nitrogen and oxygen atoms in total. The van der Waals surface area contributed by atoms with Crippen LogP contribution in [-0.4, -0.2) is 26.4 Å². The normalized spacial score (nSPS) is 11.4. The van der Waals surface area contributed by atoms with Crippen LogP contribution in [0.4, 0.5) is 36.1 Å². The summed E-state index contributed by atoms with van der Waals surface area (Å²) in [5.74, 6) is -1.32. The first-order valence-electron chi connectivity index (χ1n) is 8.42. The molecular formula is C17H11ClF3N5O5. The molecule has 2 aromatic carbocycles. The molecule has 0 amide bonds. The molecule has 0 unspecified atom stereocenters. The topological polar surface area (TPSA) is 133 Å². The molecule has 3 aromatic rings. The lowest BCUT2D eigenvalue weighted by Gasteiger charge is -2.16. The maximum atomic E-state index is 13.4. The fraction of sp³-hybridized carbons (Fsp3) is 0.176. The van der Waals surface area contributed by atoms with Crippen LogP contribution in [0, 0.1) is 20.2 Å². The molecule has 0 saturated carbocycles. The van der Waals surface area contributed by atoms with Crippen LogP contribution >= 0.6 is 11.6 Å². The average Bonchev–Trinajstić information content (AvgIpc) is 2.67. The lowest BCUT2D eigenvalue weighted by atomic mass is 10.1. The molecule has 1 heterocycles. The molecular weight excluding hydrogens is 447 g/mol. The van der Waals surface area contributed by atoms with Crippen molar-refractivity contribution in [1.82, 2.24) is 9.97 Å². The van der Waals surface area contributed by atoms with Gasteiger partial charge in [0.05, 0.1) is 33.7 Å². The van der Waals surface area contributed by atoms with Crippen molar-refractivity contribution in [2.45, 2.75) is 13.1 Å². The Morgan fingerprint density at radius 2 is 1.87 bits per heavy atom. The van der Waals surface area contributed by atoms with Gasteiger partial charge in [0.15, 0.2) is 0 Å². The highest BCUT2D eigenvalue weighted by molar-refractivity contribution is 6.31. The van der Waals surface area contributed by atoms with Crippen LogP contribution in [0.15, 0.2) is 30.5 Å². The number of hydrogen-bond donors (Lipinski definition) is 1. The van der Waals surface area contributed by atoms with Gasteiger partial charge in [0, 0.05) is 11.1 Å². The maximum Gasteiger partial charge on any atom is 0.420 e. The molecule has 0 aliphatic heterocycles. The van der Waals surface area contributed by atoms with Gasteiger partial charge in [0.2, 0.25) is 11.4 Å². The third kappa shape index (κ3) is 4.40. The number of nitro benzene ring substituents is 2. The Balaban J connectivity index is 2.27. The molecule has 3 rings (SSSR count). The molecule has 14 heteroatoms. The lowest BCUT2D eigenvalue weighted by Crippen LogP contribution is -2.13. The second kappa shape index (κ2) is 8.18. The Labute approximate surface area is 175 Å². The molecule has 0 atom stereocenters. The average molecular weight is 458 g/mol. The minimum atomic E-state index is -5.14. The Kier molecular flexibility index (Phi) is 5.79. The van der Waals surface area contributed by atoms with E-state index >= 15 is 0 Å². The highest BCUT2D eigenvalue weighted by atomic mass is 35.5. The Bertz CT molecular complexity index is 1200. The van der Waals surface area contributed by atoms with Crippen molar-refractivity contribution < 1.29 is 27.8 Å². The fourth-order valence-electron chi connectivity index (χ4n) is 2.75. The summed E-state index contributed by atoms with van der Waals surface area (Å²) in [5.41, 5.74) is -4.24. The van der Waals surface area contributed by atoms with Crippen LogP contribution in [0.25, 0.3) is 11.0 Å². The van der Waals surface area contributed by atoms with Gasteiger partial charge in [-0.2, -0.15) is 13.2 Å². The Hall–Kier alpha value is -3.74. The van der Waals surface area contributed by atoms with Gasteiger partial charge in [-0.1, -0.05) is 11.6 Å². The zero-order valence-corrected chi connectivity index (χ0v) is 16.2. The zero-order valence-electron chi connectivity index (χ0n) is 15.4. The quantitative estimate of drug-likeness (QED) is 0.391. The van der Waals surface area contributed by atoms with Crippen LogP contribution in [-0.2, 0) is 6.18 Å².